The smallest absolute Gasteiger partial charge is 0.329 e. The molecule has 8 heteroatoms. The van der Waals surface area contributed by atoms with E-state index >= 15 is 0 Å². The lowest BCUT2D eigenvalue weighted by atomic mass is 10.2. The molecule has 0 saturated heterocycles. The lowest BCUT2D eigenvalue weighted by Gasteiger charge is -2.12. The van der Waals surface area contributed by atoms with E-state index in [9.17, 15) is 18.0 Å². The first kappa shape index (κ1) is 15.0. The first-order valence-electron chi connectivity index (χ1n) is 5.42. The molecule has 19 heavy (non-hydrogen) atoms. The van der Waals surface area contributed by atoms with E-state index < -0.39 is 28.0 Å². The van der Waals surface area contributed by atoms with Gasteiger partial charge in [-0.25, -0.2) is 17.9 Å². The van der Waals surface area contributed by atoms with E-state index in [4.69, 9.17) is 5.73 Å². The lowest BCUT2D eigenvalue weighted by molar-refractivity contribution is -0.119. The molecule has 1 unspecified atom stereocenters. The molecule has 4 N–H and O–H groups in total. The molecule has 0 aromatic heterocycles. The summed E-state index contributed by atoms with van der Waals surface area (Å²) in [5.41, 5.74) is 5.46. The van der Waals surface area contributed by atoms with Gasteiger partial charge in [0, 0.05) is 0 Å². The Morgan fingerprint density at radius 2 is 1.84 bits per heavy atom. The highest BCUT2D eigenvalue weighted by Gasteiger charge is 2.21. The Morgan fingerprint density at radius 1 is 1.26 bits per heavy atom. The normalized spacial score (nSPS) is 12.5. The Labute approximate surface area is 111 Å². The number of sulfonamides is 1. The third-order valence-electron chi connectivity index (χ3n) is 2.38. The van der Waals surface area contributed by atoms with Gasteiger partial charge in [-0.2, -0.15) is 0 Å². The van der Waals surface area contributed by atoms with Crippen molar-refractivity contribution in [1.82, 2.24) is 10.0 Å². The molecule has 0 aliphatic heterocycles. The number of urea groups is 1. The minimum atomic E-state index is -3.98. The molecule has 0 radical (unpaired) electrons. The van der Waals surface area contributed by atoms with Gasteiger partial charge in [-0.05, 0) is 25.5 Å². The van der Waals surface area contributed by atoms with Crippen molar-refractivity contribution in [2.75, 3.05) is 0 Å². The molecule has 1 aromatic carbocycles. The van der Waals surface area contributed by atoms with Crippen molar-refractivity contribution in [3.8, 4) is 0 Å². The zero-order chi connectivity index (χ0) is 14.6. The summed E-state index contributed by atoms with van der Waals surface area (Å²) in [4.78, 5) is 22.2. The fraction of sp³-hybridized carbons (Fsp3) is 0.273. The Morgan fingerprint density at radius 3 is 2.37 bits per heavy atom. The van der Waals surface area contributed by atoms with Gasteiger partial charge in [0.25, 0.3) is 10.0 Å². The van der Waals surface area contributed by atoms with Crippen LogP contribution in [0.5, 0.6) is 0 Å². The number of benzene rings is 1. The molecule has 0 fully saturated rings. The van der Waals surface area contributed by atoms with Gasteiger partial charge in [0.2, 0.25) is 5.91 Å². The van der Waals surface area contributed by atoms with Gasteiger partial charge >= 0.3 is 6.03 Å². The summed E-state index contributed by atoms with van der Waals surface area (Å²) in [6.07, 6.45) is 0. The molecule has 0 aliphatic carbocycles. The number of carbonyl (C=O) groups is 2. The van der Waals surface area contributed by atoms with Crippen LogP contribution in [0.4, 0.5) is 4.79 Å². The maximum absolute atomic E-state index is 11.9. The Bertz CT molecular complexity index is 598. The van der Waals surface area contributed by atoms with Gasteiger partial charge in [0.05, 0.1) is 4.90 Å². The topological polar surface area (TPSA) is 118 Å². The van der Waals surface area contributed by atoms with E-state index in [2.05, 4.69) is 5.32 Å². The van der Waals surface area contributed by atoms with Gasteiger partial charge in [-0.3, -0.25) is 4.79 Å². The van der Waals surface area contributed by atoms with E-state index in [-0.39, 0.29) is 4.90 Å². The number of primary amides is 1. The highest BCUT2D eigenvalue weighted by molar-refractivity contribution is 7.90. The molecule has 0 heterocycles. The van der Waals surface area contributed by atoms with Crippen LogP contribution in [0, 0.1) is 6.92 Å². The number of nitrogens with one attached hydrogen (secondary N) is 2. The number of carbonyl (C=O) groups excluding carboxylic acids is 2. The monoisotopic (exact) mass is 285 g/mol. The summed E-state index contributed by atoms with van der Waals surface area (Å²) in [6.45, 7) is 2.96. The van der Waals surface area contributed by atoms with E-state index in [1.54, 1.807) is 25.1 Å². The standard InChI is InChI=1S/C11H15N3O4S/c1-7-5-3-4-6-9(7)19(17,18)14-11(16)13-8(2)10(12)15/h3-6,8H,1-2H3,(H2,12,15)(H2,13,14,16). The van der Waals surface area contributed by atoms with E-state index in [0.29, 0.717) is 5.56 Å². The van der Waals surface area contributed by atoms with Crippen molar-refractivity contribution < 1.29 is 18.0 Å². The molecule has 104 valence electrons. The molecule has 7 nitrogen and oxygen atoms in total. The minimum Gasteiger partial charge on any atom is -0.368 e. The second-order valence-corrected chi connectivity index (χ2v) is 5.62. The predicted molar refractivity (Wildman–Crippen MR) is 68.7 cm³/mol. The number of nitrogens with two attached hydrogens (primary N) is 1. The van der Waals surface area contributed by atoms with Crippen LogP contribution >= 0.6 is 0 Å². The van der Waals surface area contributed by atoms with Crippen LogP contribution in [-0.4, -0.2) is 26.4 Å². The second kappa shape index (κ2) is 5.70. The molecule has 0 saturated carbocycles. The molecular weight excluding hydrogens is 270 g/mol. The van der Waals surface area contributed by atoms with Crippen LogP contribution in [0.25, 0.3) is 0 Å². The van der Waals surface area contributed by atoms with E-state index in [1.165, 1.54) is 13.0 Å². The van der Waals surface area contributed by atoms with Gasteiger partial charge < -0.3 is 11.1 Å². The Kier molecular flexibility index (Phi) is 4.49. The molecule has 1 aromatic rings. The predicted octanol–water partition coefficient (Wildman–Crippen LogP) is -0.143. The summed E-state index contributed by atoms with van der Waals surface area (Å²) in [5, 5.41) is 2.12. The number of hydrogen-bond donors (Lipinski definition) is 3. The third-order valence-corrected chi connectivity index (χ3v) is 3.88. The highest BCUT2D eigenvalue weighted by atomic mass is 32.2. The molecule has 1 atom stereocenters. The summed E-state index contributed by atoms with van der Waals surface area (Å²) in [7, 11) is -3.98. The Hall–Kier alpha value is -2.09. The molecule has 3 amide bonds. The summed E-state index contributed by atoms with van der Waals surface area (Å²) in [5.74, 6) is -0.761. The summed E-state index contributed by atoms with van der Waals surface area (Å²) in [6, 6.07) is 4.25. The van der Waals surface area contributed by atoms with Crippen molar-refractivity contribution in [3.05, 3.63) is 29.8 Å². The molecule has 0 bridgehead atoms. The maximum Gasteiger partial charge on any atom is 0.329 e. The van der Waals surface area contributed by atoms with Gasteiger partial charge in [-0.1, -0.05) is 18.2 Å². The number of rotatable bonds is 4. The number of aryl methyl sites for hydroxylation is 1. The molecular formula is C11H15N3O4S. The van der Waals surface area contributed by atoms with Crippen LogP contribution in [0.15, 0.2) is 29.2 Å². The SMILES string of the molecule is Cc1ccccc1S(=O)(=O)NC(=O)NC(C)C(N)=O. The van der Waals surface area contributed by atoms with Gasteiger partial charge in [0.1, 0.15) is 6.04 Å². The fourth-order valence-electron chi connectivity index (χ4n) is 1.33. The van der Waals surface area contributed by atoms with Crippen molar-refractivity contribution >= 4 is 22.0 Å². The zero-order valence-electron chi connectivity index (χ0n) is 10.5. The van der Waals surface area contributed by atoms with Crippen molar-refractivity contribution in [1.29, 1.82) is 0 Å². The molecule has 1 rings (SSSR count). The average molecular weight is 285 g/mol. The van der Waals surface area contributed by atoms with Crippen LogP contribution < -0.4 is 15.8 Å². The summed E-state index contributed by atoms with van der Waals surface area (Å²) >= 11 is 0. The van der Waals surface area contributed by atoms with Crippen LogP contribution in [0.2, 0.25) is 0 Å². The van der Waals surface area contributed by atoms with Gasteiger partial charge in [-0.15, -0.1) is 0 Å². The van der Waals surface area contributed by atoms with Gasteiger partial charge in [0.15, 0.2) is 0 Å². The number of amides is 3. The zero-order valence-corrected chi connectivity index (χ0v) is 11.3. The van der Waals surface area contributed by atoms with Crippen LogP contribution in [-0.2, 0) is 14.8 Å². The molecule has 0 spiro atoms. The first-order valence-corrected chi connectivity index (χ1v) is 6.90. The van der Waals surface area contributed by atoms with Crippen LogP contribution in [0.3, 0.4) is 0 Å². The largest absolute Gasteiger partial charge is 0.368 e. The second-order valence-electron chi connectivity index (χ2n) is 3.97. The quantitative estimate of drug-likeness (QED) is 0.713. The minimum absolute atomic E-state index is 0.00289. The molecule has 0 aliphatic rings. The van der Waals surface area contributed by atoms with Crippen molar-refractivity contribution in [3.63, 3.8) is 0 Å². The third kappa shape index (κ3) is 3.95. The number of hydrogen-bond acceptors (Lipinski definition) is 4. The van der Waals surface area contributed by atoms with Crippen molar-refractivity contribution in [2.24, 2.45) is 5.73 Å². The maximum atomic E-state index is 11.9. The van der Waals surface area contributed by atoms with E-state index in [1.807, 2.05) is 4.72 Å². The summed E-state index contributed by atoms with van der Waals surface area (Å²) < 4.78 is 25.7. The van der Waals surface area contributed by atoms with Crippen molar-refractivity contribution in [2.45, 2.75) is 24.8 Å². The lowest BCUT2D eigenvalue weighted by Crippen LogP contribution is -2.48. The van der Waals surface area contributed by atoms with Crippen LogP contribution in [0.1, 0.15) is 12.5 Å². The van der Waals surface area contributed by atoms with E-state index in [0.717, 1.165) is 0 Å². The average Bonchev–Trinajstić information content (AvgIpc) is 2.27. The highest BCUT2D eigenvalue weighted by Crippen LogP contribution is 2.13. The first-order chi connectivity index (χ1) is 8.74. The fourth-order valence-corrected chi connectivity index (χ4v) is 2.49. The Balaban J connectivity index is 2.84.